The van der Waals surface area contributed by atoms with Crippen molar-refractivity contribution in [2.75, 3.05) is 20.6 Å². The van der Waals surface area contributed by atoms with Gasteiger partial charge in [-0.2, -0.15) is 0 Å². The fourth-order valence-corrected chi connectivity index (χ4v) is 0.926. The highest BCUT2D eigenvalue weighted by molar-refractivity contribution is 5.85. The normalized spacial score (nSPS) is 12.3. The molecule has 0 aliphatic heterocycles. The van der Waals surface area contributed by atoms with Crippen LogP contribution in [-0.2, 0) is 4.79 Å². The van der Waals surface area contributed by atoms with Crippen molar-refractivity contribution >= 4 is 5.91 Å². The summed E-state index contributed by atoms with van der Waals surface area (Å²) in [6.45, 7) is 3.13. The Morgan fingerprint density at radius 1 is 1.55 bits per heavy atom. The van der Waals surface area contributed by atoms with Crippen LogP contribution in [0.4, 0.5) is 0 Å². The summed E-state index contributed by atoms with van der Waals surface area (Å²) < 4.78 is 0.708. The van der Waals surface area contributed by atoms with Crippen molar-refractivity contribution in [1.29, 1.82) is 0 Å². The van der Waals surface area contributed by atoms with E-state index in [4.69, 9.17) is 5.73 Å². The highest BCUT2D eigenvalue weighted by Crippen LogP contribution is 1.99. The Kier molecular flexibility index (Phi) is 3.82. The number of quaternary nitrogens is 1. The molecule has 0 fully saturated rings. The summed E-state index contributed by atoms with van der Waals surface area (Å²) in [6, 6.07) is 0. The maximum atomic E-state index is 10.4. The first kappa shape index (κ1) is 10.2. The second-order valence-corrected chi connectivity index (χ2v) is 3.22. The molecule has 0 aliphatic carbocycles. The Labute approximate surface area is 68.1 Å². The number of nitrogens with two attached hydrogens (primary N) is 1. The maximum absolute atomic E-state index is 10.4. The quantitative estimate of drug-likeness (QED) is 0.468. The summed E-state index contributed by atoms with van der Waals surface area (Å²) in [5.41, 5.74) is 4.96. The topological polar surface area (TPSA) is 43.1 Å². The van der Waals surface area contributed by atoms with Crippen LogP contribution in [0.25, 0.3) is 0 Å². The summed E-state index contributed by atoms with van der Waals surface area (Å²) in [5, 5.41) is 0. The van der Waals surface area contributed by atoms with Crippen molar-refractivity contribution < 1.29 is 9.28 Å². The van der Waals surface area contributed by atoms with E-state index in [-0.39, 0.29) is 5.91 Å². The number of hydrogen-bond donors (Lipinski definition) is 1. The minimum absolute atomic E-state index is 0.382. The van der Waals surface area contributed by atoms with Crippen LogP contribution in [-0.4, -0.2) is 31.0 Å². The van der Waals surface area contributed by atoms with Gasteiger partial charge in [-0.3, -0.25) is 4.79 Å². The molecule has 0 rings (SSSR count). The van der Waals surface area contributed by atoms with Gasteiger partial charge >= 0.3 is 0 Å². The van der Waals surface area contributed by atoms with Gasteiger partial charge in [0.05, 0.1) is 26.7 Å². The highest BCUT2D eigenvalue weighted by atomic mass is 16.1. The molecule has 0 bridgehead atoms. The van der Waals surface area contributed by atoms with E-state index in [9.17, 15) is 4.79 Å². The Balaban J connectivity index is 3.99. The lowest BCUT2D eigenvalue weighted by Crippen LogP contribution is -2.34. The van der Waals surface area contributed by atoms with Crippen LogP contribution in [0.2, 0.25) is 0 Å². The smallest absolute Gasteiger partial charge is 0.246 e. The molecule has 0 spiro atoms. The minimum atomic E-state index is -0.382. The molecule has 0 aliphatic rings. The molecule has 0 heterocycles. The van der Waals surface area contributed by atoms with E-state index >= 15 is 0 Å². The predicted molar refractivity (Wildman–Crippen MR) is 45.6 cm³/mol. The van der Waals surface area contributed by atoms with Crippen molar-refractivity contribution in [2.24, 2.45) is 5.73 Å². The van der Waals surface area contributed by atoms with Crippen molar-refractivity contribution in [3.05, 3.63) is 12.3 Å². The highest BCUT2D eigenvalue weighted by Gasteiger charge is 2.08. The SMILES string of the molecule is CCC[N+](C)(C)C=CC(N)=O. The van der Waals surface area contributed by atoms with Crippen LogP contribution >= 0.6 is 0 Å². The van der Waals surface area contributed by atoms with Crippen LogP contribution in [0.3, 0.4) is 0 Å². The lowest BCUT2D eigenvalue weighted by atomic mass is 10.4. The van der Waals surface area contributed by atoms with Gasteiger partial charge in [-0.05, 0) is 6.42 Å². The molecule has 0 radical (unpaired) electrons. The zero-order chi connectivity index (χ0) is 8.91. The van der Waals surface area contributed by atoms with E-state index in [2.05, 4.69) is 6.92 Å². The minimum Gasteiger partial charge on any atom is -0.366 e. The standard InChI is InChI=1S/C8H16N2O/c1-4-6-10(2,3)7-5-8(9)11/h5,7H,4,6H2,1-3H3,(H-,9,11)/p+1. The van der Waals surface area contributed by atoms with Crippen LogP contribution in [0.1, 0.15) is 13.3 Å². The first-order valence-corrected chi connectivity index (χ1v) is 3.79. The molecule has 64 valence electrons. The summed E-state index contributed by atoms with van der Waals surface area (Å²) in [5.74, 6) is -0.382. The molecule has 3 heteroatoms. The second kappa shape index (κ2) is 4.13. The van der Waals surface area contributed by atoms with Gasteiger partial charge in [0.1, 0.15) is 6.20 Å². The van der Waals surface area contributed by atoms with Crippen molar-refractivity contribution in [3.8, 4) is 0 Å². The van der Waals surface area contributed by atoms with Gasteiger partial charge in [-0.25, -0.2) is 0 Å². The summed E-state index contributed by atoms with van der Waals surface area (Å²) in [4.78, 5) is 10.4. The van der Waals surface area contributed by atoms with Gasteiger partial charge in [-0.15, -0.1) is 0 Å². The summed E-state index contributed by atoms with van der Waals surface area (Å²) in [6.07, 6.45) is 4.32. The fraction of sp³-hybridized carbons (Fsp3) is 0.625. The molecule has 0 aromatic heterocycles. The number of hydrogen-bond acceptors (Lipinski definition) is 1. The van der Waals surface area contributed by atoms with E-state index in [1.807, 2.05) is 20.3 Å². The predicted octanol–water partition coefficient (Wildman–Crippen LogP) is 0.472. The zero-order valence-corrected chi connectivity index (χ0v) is 7.50. The van der Waals surface area contributed by atoms with E-state index in [1.165, 1.54) is 6.08 Å². The van der Waals surface area contributed by atoms with Gasteiger partial charge in [0.15, 0.2) is 0 Å². The molecule has 1 amide bonds. The average Bonchev–Trinajstić information content (AvgIpc) is 1.84. The van der Waals surface area contributed by atoms with E-state index in [1.54, 1.807) is 0 Å². The van der Waals surface area contributed by atoms with Gasteiger partial charge in [0, 0.05) is 0 Å². The molecule has 3 nitrogen and oxygen atoms in total. The first-order valence-electron chi connectivity index (χ1n) is 3.79. The third-order valence-electron chi connectivity index (χ3n) is 1.44. The van der Waals surface area contributed by atoms with Gasteiger partial charge in [-0.1, -0.05) is 6.92 Å². The number of amides is 1. The fourth-order valence-electron chi connectivity index (χ4n) is 0.926. The molecule has 2 N–H and O–H groups in total. The van der Waals surface area contributed by atoms with E-state index < -0.39 is 0 Å². The number of nitrogens with zero attached hydrogens (tertiary/aromatic N) is 1. The van der Waals surface area contributed by atoms with E-state index in [0.717, 1.165) is 13.0 Å². The first-order chi connectivity index (χ1) is 4.98. The second-order valence-electron chi connectivity index (χ2n) is 3.22. The number of carbonyl (C=O) groups is 1. The average molecular weight is 157 g/mol. The molecule has 0 unspecified atom stereocenters. The Hall–Kier alpha value is -0.830. The third-order valence-corrected chi connectivity index (χ3v) is 1.44. The Morgan fingerprint density at radius 3 is 2.45 bits per heavy atom. The van der Waals surface area contributed by atoms with Gasteiger partial charge < -0.3 is 10.2 Å². The van der Waals surface area contributed by atoms with Gasteiger partial charge in [0.2, 0.25) is 5.91 Å². The maximum Gasteiger partial charge on any atom is 0.246 e. The molecule has 0 saturated heterocycles. The number of primary amides is 1. The molecule has 0 saturated carbocycles. The number of carbonyl (C=O) groups excluding carboxylic acids is 1. The monoisotopic (exact) mass is 157 g/mol. The summed E-state index contributed by atoms with van der Waals surface area (Å²) in [7, 11) is 4.06. The lowest BCUT2D eigenvalue weighted by Gasteiger charge is -2.23. The molecule has 0 atom stereocenters. The van der Waals surface area contributed by atoms with Crippen molar-refractivity contribution in [3.63, 3.8) is 0 Å². The third kappa shape index (κ3) is 5.61. The van der Waals surface area contributed by atoms with Crippen molar-refractivity contribution in [1.82, 2.24) is 0 Å². The lowest BCUT2D eigenvalue weighted by molar-refractivity contribution is -0.838. The molecule has 0 aromatic rings. The number of rotatable bonds is 4. The molecule has 0 aromatic carbocycles. The van der Waals surface area contributed by atoms with E-state index in [0.29, 0.717) is 4.48 Å². The Morgan fingerprint density at radius 2 is 2.09 bits per heavy atom. The van der Waals surface area contributed by atoms with Crippen LogP contribution in [0.5, 0.6) is 0 Å². The van der Waals surface area contributed by atoms with Crippen LogP contribution in [0.15, 0.2) is 12.3 Å². The van der Waals surface area contributed by atoms with Crippen molar-refractivity contribution in [2.45, 2.75) is 13.3 Å². The summed E-state index contributed by atoms with van der Waals surface area (Å²) >= 11 is 0. The largest absolute Gasteiger partial charge is 0.366 e. The Bertz CT molecular complexity index is 161. The zero-order valence-electron chi connectivity index (χ0n) is 7.50. The molecular weight excluding hydrogens is 140 g/mol. The molecular formula is C8H17N2O+. The van der Waals surface area contributed by atoms with Gasteiger partial charge in [0.25, 0.3) is 0 Å². The molecule has 11 heavy (non-hydrogen) atoms. The van der Waals surface area contributed by atoms with Crippen LogP contribution in [0, 0.1) is 0 Å². The van der Waals surface area contributed by atoms with Crippen LogP contribution < -0.4 is 5.73 Å².